The first-order valence-electron chi connectivity index (χ1n) is 8.90. The Bertz CT molecular complexity index is 910. The van der Waals surface area contributed by atoms with Gasteiger partial charge in [-0.25, -0.2) is 18.2 Å². The SMILES string of the molecule is CN(Cc1ccccc1)C(=O)n1cnc(S(=O)(=O)[C@@H]2C[C@H]3CC[C@@H]2C3)n1. The van der Waals surface area contributed by atoms with Crippen molar-refractivity contribution in [1.29, 1.82) is 0 Å². The molecule has 7 nitrogen and oxygen atoms in total. The van der Waals surface area contributed by atoms with E-state index in [9.17, 15) is 13.2 Å². The monoisotopic (exact) mass is 374 g/mol. The first kappa shape index (κ1) is 17.2. The van der Waals surface area contributed by atoms with Crippen molar-refractivity contribution in [2.75, 3.05) is 7.05 Å². The first-order valence-corrected chi connectivity index (χ1v) is 10.4. The largest absolute Gasteiger partial charge is 0.346 e. The summed E-state index contributed by atoms with van der Waals surface area (Å²) in [6, 6.07) is 9.17. The summed E-state index contributed by atoms with van der Waals surface area (Å²) >= 11 is 0. The number of fused-ring (bicyclic) bond motifs is 2. The molecule has 2 aromatic rings. The van der Waals surface area contributed by atoms with Gasteiger partial charge >= 0.3 is 6.03 Å². The van der Waals surface area contributed by atoms with Crippen LogP contribution >= 0.6 is 0 Å². The third kappa shape index (κ3) is 3.02. The Labute approximate surface area is 152 Å². The van der Waals surface area contributed by atoms with Crippen LogP contribution in [0.1, 0.15) is 31.2 Å². The van der Waals surface area contributed by atoms with Gasteiger partial charge in [-0.1, -0.05) is 36.8 Å². The molecule has 2 fully saturated rings. The number of hydrogen-bond donors (Lipinski definition) is 0. The van der Waals surface area contributed by atoms with Crippen LogP contribution in [0.15, 0.2) is 41.8 Å². The molecule has 1 amide bonds. The molecular weight excluding hydrogens is 352 g/mol. The standard InChI is InChI=1S/C18H22N4O3S/c1-21(11-13-5-3-2-4-6-13)18(23)22-12-19-17(20-22)26(24,25)16-10-14-7-8-15(16)9-14/h2-6,12,14-16H,7-11H2,1H3/t14-,15+,16+/m0/s1. The number of carbonyl (C=O) groups excluding carboxylic acids is 1. The minimum Gasteiger partial charge on any atom is -0.322 e. The zero-order chi connectivity index (χ0) is 18.3. The van der Waals surface area contributed by atoms with E-state index in [0.717, 1.165) is 29.5 Å². The molecule has 0 aliphatic heterocycles. The van der Waals surface area contributed by atoms with Gasteiger partial charge in [0.25, 0.3) is 5.16 Å². The molecule has 0 unspecified atom stereocenters. The van der Waals surface area contributed by atoms with Crippen molar-refractivity contribution in [2.45, 2.75) is 42.6 Å². The summed E-state index contributed by atoms with van der Waals surface area (Å²) in [6.07, 6.45) is 4.98. The van der Waals surface area contributed by atoms with E-state index in [-0.39, 0.29) is 11.1 Å². The second-order valence-corrected chi connectivity index (χ2v) is 9.41. The lowest BCUT2D eigenvalue weighted by Gasteiger charge is -2.20. The number of aromatic nitrogens is 3. The van der Waals surface area contributed by atoms with Crippen molar-refractivity contribution in [3.8, 4) is 0 Å². The molecule has 2 aliphatic carbocycles. The summed E-state index contributed by atoms with van der Waals surface area (Å²) in [4.78, 5) is 18.0. The van der Waals surface area contributed by atoms with Gasteiger partial charge in [0.15, 0.2) is 0 Å². The Morgan fingerprint density at radius 1 is 1.23 bits per heavy atom. The van der Waals surface area contributed by atoms with E-state index >= 15 is 0 Å². The van der Waals surface area contributed by atoms with Crippen LogP contribution in [0, 0.1) is 11.8 Å². The van der Waals surface area contributed by atoms with E-state index in [4.69, 9.17) is 0 Å². The fourth-order valence-electron chi connectivity index (χ4n) is 4.27. The van der Waals surface area contributed by atoms with Gasteiger partial charge < -0.3 is 4.90 Å². The molecule has 2 aliphatic rings. The highest BCUT2D eigenvalue weighted by Crippen LogP contribution is 2.48. The van der Waals surface area contributed by atoms with Crippen molar-refractivity contribution >= 4 is 15.9 Å². The number of carbonyl (C=O) groups is 1. The Kier molecular flexibility index (Phi) is 4.30. The van der Waals surface area contributed by atoms with E-state index in [1.807, 2.05) is 30.3 Å². The summed E-state index contributed by atoms with van der Waals surface area (Å²) in [5, 5.41) is 3.38. The molecule has 8 heteroatoms. The highest BCUT2D eigenvalue weighted by molar-refractivity contribution is 7.91. The van der Waals surface area contributed by atoms with Gasteiger partial charge in [-0.2, -0.15) is 4.68 Å². The van der Waals surface area contributed by atoms with Crippen LogP contribution in [0.3, 0.4) is 0 Å². The van der Waals surface area contributed by atoms with Gasteiger partial charge in [-0.05, 0) is 36.7 Å². The summed E-state index contributed by atoms with van der Waals surface area (Å²) in [5.74, 6) is 0.730. The summed E-state index contributed by atoms with van der Waals surface area (Å²) in [5.41, 5.74) is 0.985. The van der Waals surface area contributed by atoms with Crippen LogP contribution in [-0.2, 0) is 16.4 Å². The molecule has 26 heavy (non-hydrogen) atoms. The predicted molar refractivity (Wildman–Crippen MR) is 95.1 cm³/mol. The molecule has 1 heterocycles. The normalized spacial score (nSPS) is 24.7. The predicted octanol–water partition coefficient (Wildman–Crippen LogP) is 2.34. The van der Waals surface area contributed by atoms with Gasteiger partial charge in [0, 0.05) is 13.6 Å². The molecule has 0 radical (unpaired) electrons. The second kappa shape index (κ2) is 6.50. The van der Waals surface area contributed by atoms with Gasteiger partial charge in [0.05, 0.1) is 5.25 Å². The number of benzene rings is 1. The topological polar surface area (TPSA) is 85.2 Å². The fourth-order valence-corrected chi connectivity index (χ4v) is 6.22. The summed E-state index contributed by atoms with van der Waals surface area (Å²) in [6.45, 7) is 0.411. The lowest BCUT2D eigenvalue weighted by atomic mass is 10.0. The summed E-state index contributed by atoms with van der Waals surface area (Å²) in [7, 11) is -1.93. The lowest BCUT2D eigenvalue weighted by Crippen LogP contribution is -2.32. The maximum absolute atomic E-state index is 12.9. The molecule has 4 rings (SSSR count). The summed E-state index contributed by atoms with van der Waals surface area (Å²) < 4.78 is 26.7. The number of hydrogen-bond acceptors (Lipinski definition) is 5. The Balaban J connectivity index is 1.49. The van der Waals surface area contributed by atoms with Crippen LogP contribution in [0.2, 0.25) is 0 Å². The molecule has 3 atom stereocenters. The molecule has 0 spiro atoms. The van der Waals surface area contributed by atoms with Crippen molar-refractivity contribution in [3.05, 3.63) is 42.2 Å². The van der Waals surface area contributed by atoms with E-state index in [0.29, 0.717) is 18.9 Å². The van der Waals surface area contributed by atoms with Gasteiger partial charge in [-0.15, -0.1) is 5.10 Å². The van der Waals surface area contributed by atoms with Crippen molar-refractivity contribution in [2.24, 2.45) is 11.8 Å². The number of amides is 1. The minimum atomic E-state index is -3.58. The van der Waals surface area contributed by atoms with Crippen molar-refractivity contribution in [3.63, 3.8) is 0 Å². The van der Waals surface area contributed by atoms with E-state index in [2.05, 4.69) is 10.1 Å². The van der Waals surface area contributed by atoms with Crippen LogP contribution in [0.5, 0.6) is 0 Å². The lowest BCUT2D eigenvalue weighted by molar-refractivity contribution is 0.205. The van der Waals surface area contributed by atoms with E-state index in [1.54, 1.807) is 7.05 Å². The van der Waals surface area contributed by atoms with Crippen molar-refractivity contribution in [1.82, 2.24) is 19.7 Å². The number of sulfone groups is 1. The highest BCUT2D eigenvalue weighted by Gasteiger charge is 2.47. The molecule has 2 saturated carbocycles. The molecule has 2 bridgehead atoms. The quantitative estimate of drug-likeness (QED) is 0.820. The van der Waals surface area contributed by atoms with E-state index in [1.165, 1.54) is 11.2 Å². The van der Waals surface area contributed by atoms with Crippen LogP contribution in [-0.4, -0.2) is 46.4 Å². The van der Waals surface area contributed by atoms with Gasteiger partial charge in [0.2, 0.25) is 9.84 Å². The number of rotatable bonds is 4. The Morgan fingerprint density at radius 2 is 2.00 bits per heavy atom. The molecular formula is C18H22N4O3S. The minimum absolute atomic E-state index is 0.216. The molecule has 0 saturated heterocycles. The van der Waals surface area contributed by atoms with Crippen LogP contribution in [0.25, 0.3) is 0 Å². The van der Waals surface area contributed by atoms with Crippen molar-refractivity contribution < 1.29 is 13.2 Å². The zero-order valence-electron chi connectivity index (χ0n) is 14.7. The fraction of sp³-hybridized carbons (Fsp3) is 0.500. The maximum atomic E-state index is 12.9. The third-order valence-corrected chi connectivity index (χ3v) is 7.65. The third-order valence-electron chi connectivity index (χ3n) is 5.58. The molecule has 1 aromatic heterocycles. The van der Waals surface area contributed by atoms with E-state index < -0.39 is 21.1 Å². The Morgan fingerprint density at radius 3 is 2.65 bits per heavy atom. The zero-order valence-corrected chi connectivity index (χ0v) is 15.5. The van der Waals surface area contributed by atoms with Gasteiger partial charge in [0.1, 0.15) is 6.33 Å². The van der Waals surface area contributed by atoms with Crippen LogP contribution in [0.4, 0.5) is 4.79 Å². The number of nitrogens with zero attached hydrogens (tertiary/aromatic N) is 4. The highest BCUT2D eigenvalue weighted by atomic mass is 32.2. The first-order chi connectivity index (χ1) is 12.4. The molecule has 0 N–H and O–H groups in total. The average Bonchev–Trinajstić information content (AvgIpc) is 3.38. The smallest absolute Gasteiger partial charge is 0.322 e. The Hall–Kier alpha value is -2.22. The maximum Gasteiger partial charge on any atom is 0.346 e. The molecule has 1 aromatic carbocycles. The van der Waals surface area contributed by atoms with Gasteiger partial charge in [-0.3, -0.25) is 0 Å². The molecule has 138 valence electrons. The van der Waals surface area contributed by atoms with Crippen LogP contribution < -0.4 is 0 Å². The second-order valence-electron chi connectivity index (χ2n) is 7.35. The average molecular weight is 374 g/mol.